The van der Waals surface area contributed by atoms with E-state index in [9.17, 15) is 18.0 Å². The summed E-state index contributed by atoms with van der Waals surface area (Å²) in [5, 5.41) is 4.57. The van der Waals surface area contributed by atoms with Gasteiger partial charge in [-0.25, -0.2) is 13.1 Å². The van der Waals surface area contributed by atoms with Gasteiger partial charge in [0.15, 0.2) is 0 Å². The molecule has 1 aliphatic heterocycles. The van der Waals surface area contributed by atoms with Gasteiger partial charge >= 0.3 is 0 Å². The summed E-state index contributed by atoms with van der Waals surface area (Å²) in [5.41, 5.74) is 2.80. The number of hydrogen-bond donors (Lipinski definition) is 2. The van der Waals surface area contributed by atoms with E-state index in [0.29, 0.717) is 42.9 Å². The van der Waals surface area contributed by atoms with Crippen LogP contribution in [0.2, 0.25) is 0 Å². The third-order valence-corrected chi connectivity index (χ3v) is 11.6. The molecule has 5 rings (SSSR count). The Hall–Kier alpha value is -4.25. The van der Waals surface area contributed by atoms with Crippen molar-refractivity contribution in [2.75, 3.05) is 20.2 Å². The van der Waals surface area contributed by atoms with Crippen molar-refractivity contribution in [3.05, 3.63) is 108 Å². The second kappa shape index (κ2) is 17.3. The highest BCUT2D eigenvalue weighted by Gasteiger charge is 2.29. The van der Waals surface area contributed by atoms with Crippen LogP contribution in [0.5, 0.6) is 5.75 Å². The second-order valence-corrected chi connectivity index (χ2v) is 15.3. The summed E-state index contributed by atoms with van der Waals surface area (Å²) in [6.45, 7) is 10.3. The molecule has 272 valence electrons. The molecule has 0 aromatic heterocycles. The molecule has 9 nitrogen and oxygen atoms in total. The average Bonchev–Trinajstić information content (AvgIpc) is 3.13. The van der Waals surface area contributed by atoms with E-state index in [1.54, 1.807) is 60.5 Å². The summed E-state index contributed by atoms with van der Waals surface area (Å²) in [4.78, 5) is 31.9. The van der Waals surface area contributed by atoms with E-state index in [1.807, 2.05) is 44.2 Å². The number of carbonyl (C=O) groups is 2. The van der Waals surface area contributed by atoms with Gasteiger partial charge in [0.2, 0.25) is 21.8 Å². The van der Waals surface area contributed by atoms with Crippen LogP contribution in [-0.2, 0) is 32.6 Å². The van der Waals surface area contributed by atoms with E-state index >= 15 is 0 Å². The van der Waals surface area contributed by atoms with Gasteiger partial charge in [0.05, 0.1) is 18.0 Å². The maximum Gasteiger partial charge on any atom is 0.245 e. The summed E-state index contributed by atoms with van der Waals surface area (Å²) >= 11 is 0. The molecule has 1 heterocycles. The molecule has 10 heteroatoms. The summed E-state index contributed by atoms with van der Waals surface area (Å²) in [6, 6.07) is 27.1. The van der Waals surface area contributed by atoms with Crippen molar-refractivity contribution in [1.82, 2.24) is 19.8 Å². The first-order chi connectivity index (χ1) is 24.5. The molecule has 2 N–H and O–H groups in total. The zero-order valence-corrected chi connectivity index (χ0v) is 31.3. The SMILES string of the molecule is CCN(CC)C(=O)[C@@H](Cc1ccc(CN2[C@H](C)CCC[C@@H]2C)cc1)NC(=O)C[C@@H](NS(=O)(=O)c1ccc2cc(OC)ccc2c1)c1ccccc1. The fourth-order valence-corrected chi connectivity index (χ4v) is 8.33. The van der Waals surface area contributed by atoms with Gasteiger partial charge in [0.1, 0.15) is 11.8 Å². The van der Waals surface area contributed by atoms with Gasteiger partial charge in [0.25, 0.3) is 0 Å². The lowest BCUT2D eigenvalue weighted by atomic mass is 9.96. The van der Waals surface area contributed by atoms with Crippen LogP contribution < -0.4 is 14.8 Å². The van der Waals surface area contributed by atoms with Gasteiger partial charge in [-0.3, -0.25) is 14.5 Å². The van der Waals surface area contributed by atoms with Crippen LogP contribution in [0.3, 0.4) is 0 Å². The van der Waals surface area contributed by atoms with Gasteiger partial charge in [-0.2, -0.15) is 0 Å². The predicted octanol–water partition coefficient (Wildman–Crippen LogP) is 6.62. The Morgan fingerprint density at radius 3 is 2.14 bits per heavy atom. The molecule has 2 amide bonds. The van der Waals surface area contributed by atoms with Crippen molar-refractivity contribution in [3.63, 3.8) is 0 Å². The van der Waals surface area contributed by atoms with Gasteiger partial charge in [0, 0.05) is 44.6 Å². The molecular weight excluding hydrogens is 661 g/mol. The predicted molar refractivity (Wildman–Crippen MR) is 203 cm³/mol. The molecular formula is C41H52N4O5S. The Bertz CT molecular complexity index is 1870. The van der Waals surface area contributed by atoms with Crippen LogP contribution in [0.15, 0.2) is 95.9 Å². The fraction of sp³-hybridized carbons (Fsp3) is 0.415. The van der Waals surface area contributed by atoms with E-state index in [1.165, 1.54) is 24.8 Å². The van der Waals surface area contributed by atoms with Crippen molar-refractivity contribution >= 4 is 32.6 Å². The molecule has 1 saturated heterocycles. The topological polar surface area (TPSA) is 108 Å². The first-order valence-electron chi connectivity index (χ1n) is 18.1. The van der Waals surface area contributed by atoms with E-state index in [4.69, 9.17) is 4.74 Å². The third kappa shape index (κ3) is 9.75. The number of hydrogen-bond acceptors (Lipinski definition) is 6. The lowest BCUT2D eigenvalue weighted by molar-refractivity contribution is -0.136. The normalized spacial score (nSPS) is 17.8. The van der Waals surface area contributed by atoms with Crippen LogP contribution >= 0.6 is 0 Å². The zero-order valence-electron chi connectivity index (χ0n) is 30.5. The van der Waals surface area contributed by atoms with Crippen molar-refractivity contribution < 1.29 is 22.7 Å². The van der Waals surface area contributed by atoms with Gasteiger partial charge in [-0.15, -0.1) is 0 Å². The fourth-order valence-electron chi connectivity index (χ4n) is 7.07. The molecule has 4 aromatic carbocycles. The lowest BCUT2D eigenvalue weighted by Gasteiger charge is -2.39. The smallest absolute Gasteiger partial charge is 0.245 e. The van der Waals surface area contributed by atoms with E-state index in [0.717, 1.165) is 22.9 Å². The number of methoxy groups -OCH3 is 1. The Kier molecular flexibility index (Phi) is 12.9. The maximum atomic E-state index is 13.8. The molecule has 0 bridgehead atoms. The highest BCUT2D eigenvalue weighted by atomic mass is 32.2. The van der Waals surface area contributed by atoms with E-state index in [2.05, 4.69) is 40.9 Å². The summed E-state index contributed by atoms with van der Waals surface area (Å²) < 4.78 is 35.6. The first-order valence-corrected chi connectivity index (χ1v) is 19.6. The van der Waals surface area contributed by atoms with Crippen LogP contribution in [0.4, 0.5) is 0 Å². The molecule has 0 radical (unpaired) electrons. The molecule has 1 fully saturated rings. The lowest BCUT2D eigenvalue weighted by Crippen LogP contribution is -2.50. The number of sulfonamides is 1. The Morgan fingerprint density at radius 1 is 0.863 bits per heavy atom. The number of benzene rings is 4. The summed E-state index contributed by atoms with van der Waals surface area (Å²) in [7, 11) is -2.45. The van der Waals surface area contributed by atoms with Gasteiger partial charge in [-0.1, -0.05) is 73.2 Å². The number of likely N-dealkylation sites (tertiary alicyclic amines) is 1. The van der Waals surface area contributed by atoms with Crippen LogP contribution in [0.25, 0.3) is 10.8 Å². The molecule has 0 aliphatic carbocycles. The molecule has 4 aromatic rings. The maximum absolute atomic E-state index is 13.8. The molecule has 51 heavy (non-hydrogen) atoms. The summed E-state index contributed by atoms with van der Waals surface area (Å²) in [5.74, 6) is 0.0868. The number of nitrogens with zero attached hydrogens (tertiary/aromatic N) is 2. The van der Waals surface area contributed by atoms with Gasteiger partial charge < -0.3 is 15.0 Å². The van der Waals surface area contributed by atoms with Crippen molar-refractivity contribution in [3.8, 4) is 5.75 Å². The molecule has 0 unspecified atom stereocenters. The van der Waals surface area contributed by atoms with E-state index in [-0.39, 0.29) is 17.2 Å². The van der Waals surface area contributed by atoms with Crippen LogP contribution in [-0.4, -0.2) is 68.4 Å². The molecule has 0 spiro atoms. The first kappa shape index (κ1) is 38.0. The van der Waals surface area contributed by atoms with Gasteiger partial charge in [-0.05, 0) is 92.3 Å². The number of likely N-dealkylation sites (N-methyl/N-ethyl adjacent to an activating group) is 1. The number of ether oxygens (including phenoxy) is 1. The van der Waals surface area contributed by atoms with Crippen molar-refractivity contribution in [1.29, 1.82) is 0 Å². The minimum atomic E-state index is -4.04. The van der Waals surface area contributed by atoms with Crippen molar-refractivity contribution in [2.45, 2.75) is 95.4 Å². The Morgan fingerprint density at radius 2 is 1.49 bits per heavy atom. The molecule has 1 aliphatic rings. The minimum absolute atomic E-state index is 0.0868. The zero-order chi connectivity index (χ0) is 36.5. The van der Waals surface area contributed by atoms with Crippen LogP contribution in [0.1, 0.15) is 76.1 Å². The van der Waals surface area contributed by atoms with E-state index < -0.39 is 28.0 Å². The second-order valence-electron chi connectivity index (χ2n) is 13.6. The number of rotatable bonds is 15. The highest BCUT2D eigenvalue weighted by molar-refractivity contribution is 7.89. The summed E-state index contributed by atoms with van der Waals surface area (Å²) in [6.07, 6.45) is 3.82. The molecule has 4 atom stereocenters. The number of nitrogens with one attached hydrogen (secondary N) is 2. The Labute approximate surface area is 303 Å². The minimum Gasteiger partial charge on any atom is -0.497 e. The standard InChI is InChI=1S/C41H52N4O5S/c1-6-44(7-2)41(47)39(24-31-16-18-32(19-17-31)28-45-29(3)12-11-13-30(45)4)42-40(46)27-38(33-14-9-8-10-15-33)43-51(48,49)37-23-21-34-25-36(50-5)22-20-35(34)26-37/h8-10,14-23,25-26,29-30,38-39,43H,6-7,11-13,24,27-28H2,1-5H3,(H,42,46)/t29-,30+,38-,39-/m1/s1. The highest BCUT2D eigenvalue weighted by Crippen LogP contribution is 2.27. The monoisotopic (exact) mass is 712 g/mol. The average molecular weight is 713 g/mol. The molecule has 0 saturated carbocycles. The quantitative estimate of drug-likeness (QED) is 0.144. The number of fused-ring (bicyclic) bond motifs is 1. The number of amides is 2. The number of piperidine rings is 1. The largest absolute Gasteiger partial charge is 0.497 e. The van der Waals surface area contributed by atoms with Crippen LogP contribution in [0, 0.1) is 0 Å². The number of carbonyl (C=O) groups excluding carboxylic acids is 2. The van der Waals surface area contributed by atoms with Crippen molar-refractivity contribution in [2.24, 2.45) is 0 Å². The Balaban J connectivity index is 1.33. The third-order valence-electron chi connectivity index (χ3n) is 10.1.